The second-order valence-corrected chi connectivity index (χ2v) is 8.32. The molecule has 34 heavy (non-hydrogen) atoms. The van der Waals surface area contributed by atoms with Crippen LogP contribution in [-0.4, -0.2) is 30.5 Å². The Hall–Kier alpha value is -3.48. The highest BCUT2D eigenvalue weighted by molar-refractivity contribution is 6.51. The highest BCUT2D eigenvalue weighted by Crippen LogP contribution is 2.45. The van der Waals surface area contributed by atoms with Crippen LogP contribution in [0.4, 0.5) is 5.69 Å². The van der Waals surface area contributed by atoms with E-state index in [1.807, 2.05) is 13.0 Å². The number of carbonyl (C=O) groups excluding carboxylic acids is 2. The smallest absolute Gasteiger partial charge is 0.300 e. The van der Waals surface area contributed by atoms with Crippen LogP contribution in [0.3, 0.4) is 0 Å². The maximum Gasteiger partial charge on any atom is 0.300 e. The fraction of sp³-hybridized carbons (Fsp3) is 0.154. The van der Waals surface area contributed by atoms with Gasteiger partial charge >= 0.3 is 0 Å². The van der Waals surface area contributed by atoms with Gasteiger partial charge in [0.05, 0.1) is 35.9 Å². The van der Waals surface area contributed by atoms with Crippen LogP contribution in [0.25, 0.3) is 5.76 Å². The van der Waals surface area contributed by atoms with Crippen LogP contribution in [0.15, 0.2) is 72.3 Å². The van der Waals surface area contributed by atoms with Crippen molar-refractivity contribution in [3.05, 3.63) is 93.5 Å². The largest absolute Gasteiger partial charge is 0.507 e. The Bertz CT molecular complexity index is 1290. The number of aliphatic hydroxyl groups is 1. The van der Waals surface area contributed by atoms with E-state index in [9.17, 15) is 14.7 Å². The average molecular weight is 498 g/mol. The molecule has 1 atom stereocenters. The monoisotopic (exact) mass is 497 g/mol. The van der Waals surface area contributed by atoms with Gasteiger partial charge in [0.25, 0.3) is 11.7 Å². The van der Waals surface area contributed by atoms with Crippen LogP contribution in [0.1, 0.15) is 24.1 Å². The van der Waals surface area contributed by atoms with E-state index >= 15 is 0 Å². The Labute approximate surface area is 206 Å². The zero-order chi connectivity index (χ0) is 24.4. The summed E-state index contributed by atoms with van der Waals surface area (Å²) in [5.74, 6) is -1.35. The number of methoxy groups -OCH3 is 1. The van der Waals surface area contributed by atoms with Gasteiger partial charge in [-0.05, 0) is 48.9 Å². The Morgan fingerprint density at radius 2 is 1.76 bits per heavy atom. The van der Waals surface area contributed by atoms with E-state index in [0.29, 0.717) is 23.6 Å². The van der Waals surface area contributed by atoms with Gasteiger partial charge in [-0.3, -0.25) is 14.5 Å². The number of benzene rings is 3. The van der Waals surface area contributed by atoms with Gasteiger partial charge in [-0.15, -0.1) is 0 Å². The minimum Gasteiger partial charge on any atom is -0.507 e. The molecule has 0 saturated carbocycles. The Kier molecular flexibility index (Phi) is 6.82. The van der Waals surface area contributed by atoms with Gasteiger partial charge in [0.15, 0.2) is 0 Å². The normalized spacial score (nSPS) is 17.2. The molecule has 1 heterocycles. The van der Waals surface area contributed by atoms with Crippen LogP contribution in [-0.2, 0) is 9.59 Å². The van der Waals surface area contributed by atoms with Crippen LogP contribution in [0, 0.1) is 0 Å². The van der Waals surface area contributed by atoms with Gasteiger partial charge in [0.1, 0.15) is 17.3 Å². The summed E-state index contributed by atoms with van der Waals surface area (Å²) >= 11 is 12.4. The standard InChI is InChI=1S/C26H21Cl2NO5/c1-3-34-18-11-7-8-15(12-18)22-21(23(30)19-13-16(27)14-20(28)25(19)33-2)24(31)26(32)29(22)17-9-5-4-6-10-17/h4-14,22,30H,3H2,1-2H3/b23-21+. The quantitative estimate of drug-likeness (QED) is 0.255. The van der Waals surface area contributed by atoms with E-state index in [4.69, 9.17) is 32.7 Å². The van der Waals surface area contributed by atoms with E-state index in [2.05, 4.69) is 0 Å². The summed E-state index contributed by atoms with van der Waals surface area (Å²) in [6.45, 7) is 2.30. The molecule has 1 saturated heterocycles. The number of anilines is 1. The SMILES string of the molecule is CCOc1cccc(C2/C(=C(\O)c3cc(Cl)cc(Cl)c3OC)C(=O)C(=O)N2c2ccccc2)c1. The Morgan fingerprint density at radius 1 is 1.03 bits per heavy atom. The fourth-order valence-electron chi connectivity index (χ4n) is 4.03. The number of halogens is 2. The van der Waals surface area contributed by atoms with Crippen molar-refractivity contribution < 1.29 is 24.2 Å². The highest BCUT2D eigenvalue weighted by atomic mass is 35.5. The van der Waals surface area contributed by atoms with Crippen LogP contribution in [0.2, 0.25) is 10.0 Å². The molecule has 0 radical (unpaired) electrons. The first-order valence-corrected chi connectivity index (χ1v) is 11.2. The van der Waals surface area contributed by atoms with Crippen molar-refractivity contribution in [1.29, 1.82) is 0 Å². The maximum absolute atomic E-state index is 13.3. The van der Waals surface area contributed by atoms with Crippen molar-refractivity contribution in [2.75, 3.05) is 18.6 Å². The predicted molar refractivity (Wildman–Crippen MR) is 132 cm³/mol. The first-order valence-electron chi connectivity index (χ1n) is 10.5. The molecule has 3 aromatic carbocycles. The van der Waals surface area contributed by atoms with Crippen molar-refractivity contribution in [3.8, 4) is 11.5 Å². The summed E-state index contributed by atoms with van der Waals surface area (Å²) in [5, 5.41) is 11.8. The second kappa shape index (κ2) is 9.79. The molecule has 4 rings (SSSR count). The third kappa shape index (κ3) is 4.22. The van der Waals surface area contributed by atoms with Crippen molar-refractivity contribution in [1.82, 2.24) is 0 Å². The lowest BCUT2D eigenvalue weighted by Gasteiger charge is -2.26. The Balaban J connectivity index is 2.00. The molecule has 0 aromatic heterocycles. The summed E-state index contributed by atoms with van der Waals surface area (Å²) in [6.07, 6.45) is 0. The van der Waals surface area contributed by atoms with Crippen molar-refractivity contribution in [3.63, 3.8) is 0 Å². The van der Waals surface area contributed by atoms with Gasteiger partial charge in [-0.1, -0.05) is 53.5 Å². The minimum absolute atomic E-state index is 0.108. The third-order valence-corrected chi connectivity index (χ3v) is 5.93. The number of carbonyl (C=O) groups is 2. The molecule has 0 aliphatic carbocycles. The average Bonchev–Trinajstić information content (AvgIpc) is 3.09. The third-order valence-electron chi connectivity index (χ3n) is 5.43. The van der Waals surface area contributed by atoms with Gasteiger partial charge < -0.3 is 14.6 Å². The fourth-order valence-corrected chi connectivity index (χ4v) is 4.60. The summed E-state index contributed by atoms with van der Waals surface area (Å²) in [6, 6.07) is 17.8. The van der Waals surface area contributed by atoms with E-state index in [1.54, 1.807) is 48.5 Å². The molecule has 1 unspecified atom stereocenters. The lowest BCUT2D eigenvalue weighted by Crippen LogP contribution is -2.29. The van der Waals surface area contributed by atoms with E-state index < -0.39 is 23.5 Å². The maximum atomic E-state index is 13.3. The number of ether oxygens (including phenoxy) is 2. The Morgan fingerprint density at radius 3 is 2.44 bits per heavy atom. The second-order valence-electron chi connectivity index (χ2n) is 7.48. The van der Waals surface area contributed by atoms with Gasteiger partial charge in [0, 0.05) is 10.7 Å². The summed E-state index contributed by atoms with van der Waals surface area (Å²) in [4.78, 5) is 27.9. The molecule has 0 bridgehead atoms. The lowest BCUT2D eigenvalue weighted by molar-refractivity contribution is -0.132. The number of para-hydroxylation sites is 1. The molecule has 3 aromatic rings. The molecule has 6 nitrogen and oxygen atoms in total. The summed E-state index contributed by atoms with van der Waals surface area (Å²) in [5.41, 5.74) is 1.09. The van der Waals surface area contributed by atoms with E-state index in [-0.39, 0.29) is 26.9 Å². The molecule has 0 spiro atoms. The number of rotatable bonds is 6. The molecular weight excluding hydrogens is 477 g/mol. The van der Waals surface area contributed by atoms with E-state index in [0.717, 1.165) is 0 Å². The summed E-state index contributed by atoms with van der Waals surface area (Å²) < 4.78 is 11.0. The molecular formula is C26H21Cl2NO5. The number of nitrogens with zero attached hydrogens (tertiary/aromatic N) is 1. The first-order chi connectivity index (χ1) is 16.4. The van der Waals surface area contributed by atoms with Gasteiger partial charge in [-0.2, -0.15) is 0 Å². The number of aliphatic hydroxyl groups excluding tert-OH is 1. The first kappa shape index (κ1) is 23.7. The summed E-state index contributed by atoms with van der Waals surface area (Å²) in [7, 11) is 1.39. The van der Waals surface area contributed by atoms with Crippen LogP contribution >= 0.6 is 23.2 Å². The minimum atomic E-state index is -0.926. The van der Waals surface area contributed by atoms with Crippen LogP contribution < -0.4 is 14.4 Å². The molecule has 1 aliphatic rings. The molecule has 1 amide bonds. The molecule has 8 heteroatoms. The number of amides is 1. The van der Waals surface area contributed by atoms with Crippen LogP contribution in [0.5, 0.6) is 11.5 Å². The number of Topliss-reactive ketones (excluding diaryl/α,β-unsaturated/α-hetero) is 1. The van der Waals surface area contributed by atoms with Crippen molar-refractivity contribution >= 4 is 46.3 Å². The molecule has 1 N–H and O–H groups in total. The molecule has 1 fully saturated rings. The van der Waals surface area contributed by atoms with Gasteiger partial charge in [0.2, 0.25) is 0 Å². The highest BCUT2D eigenvalue weighted by Gasteiger charge is 2.47. The number of ketones is 1. The number of hydrogen-bond donors (Lipinski definition) is 1. The number of hydrogen-bond acceptors (Lipinski definition) is 5. The zero-order valence-electron chi connectivity index (χ0n) is 18.4. The zero-order valence-corrected chi connectivity index (χ0v) is 19.9. The van der Waals surface area contributed by atoms with E-state index in [1.165, 1.54) is 24.1 Å². The van der Waals surface area contributed by atoms with Gasteiger partial charge in [-0.25, -0.2) is 0 Å². The van der Waals surface area contributed by atoms with Crippen molar-refractivity contribution in [2.24, 2.45) is 0 Å². The molecule has 174 valence electrons. The predicted octanol–water partition coefficient (Wildman–Crippen LogP) is 6.03. The topological polar surface area (TPSA) is 76.1 Å². The van der Waals surface area contributed by atoms with Crippen molar-refractivity contribution in [2.45, 2.75) is 13.0 Å². The lowest BCUT2D eigenvalue weighted by atomic mass is 9.94. The molecule has 1 aliphatic heterocycles.